The van der Waals surface area contributed by atoms with Crippen molar-refractivity contribution in [3.63, 3.8) is 0 Å². The molecule has 0 spiro atoms. The number of sulfonamides is 1. The molecule has 1 saturated heterocycles. The molecule has 2 heterocycles. The molecule has 0 unspecified atom stereocenters. The molecule has 0 aromatic heterocycles. The van der Waals surface area contributed by atoms with E-state index in [-0.39, 0.29) is 17.8 Å². The SMILES string of the molecule is O=C1NCCC2=NCN(S(=O)(=O)C3CCCC3)C=C12. The number of nitrogens with one attached hydrogen (secondary N) is 1. The van der Waals surface area contributed by atoms with Crippen LogP contribution in [0.4, 0.5) is 0 Å². The monoisotopic (exact) mass is 283 g/mol. The predicted octanol–water partition coefficient (Wildman–Crippen LogP) is 0.377. The first kappa shape index (κ1) is 12.7. The van der Waals surface area contributed by atoms with Crippen molar-refractivity contribution >= 4 is 21.6 Å². The van der Waals surface area contributed by atoms with Gasteiger partial charge in [-0.05, 0) is 12.8 Å². The highest BCUT2D eigenvalue weighted by atomic mass is 32.2. The largest absolute Gasteiger partial charge is 0.352 e. The summed E-state index contributed by atoms with van der Waals surface area (Å²) in [6.45, 7) is 0.690. The summed E-state index contributed by atoms with van der Waals surface area (Å²) in [4.78, 5) is 16.0. The molecule has 0 aromatic rings. The second kappa shape index (κ2) is 4.63. The third-order valence-corrected chi connectivity index (χ3v) is 6.12. The minimum Gasteiger partial charge on any atom is -0.352 e. The number of carbonyl (C=O) groups is 1. The fourth-order valence-corrected chi connectivity index (χ4v) is 4.61. The van der Waals surface area contributed by atoms with Crippen molar-refractivity contribution in [1.82, 2.24) is 9.62 Å². The van der Waals surface area contributed by atoms with E-state index < -0.39 is 10.0 Å². The van der Waals surface area contributed by atoms with Crippen LogP contribution in [0.5, 0.6) is 0 Å². The molecule has 0 bridgehead atoms. The first-order chi connectivity index (χ1) is 9.09. The fraction of sp³-hybridized carbons (Fsp3) is 0.667. The number of aliphatic imine (C=N–C) groups is 1. The van der Waals surface area contributed by atoms with E-state index in [9.17, 15) is 13.2 Å². The molecule has 1 saturated carbocycles. The van der Waals surface area contributed by atoms with Crippen molar-refractivity contribution in [2.45, 2.75) is 37.4 Å². The van der Waals surface area contributed by atoms with Crippen molar-refractivity contribution in [3.8, 4) is 0 Å². The Morgan fingerprint density at radius 2 is 2.05 bits per heavy atom. The fourth-order valence-electron chi connectivity index (χ4n) is 2.82. The molecule has 1 N–H and O–H groups in total. The molecule has 1 amide bonds. The van der Waals surface area contributed by atoms with Gasteiger partial charge in [0, 0.05) is 19.2 Å². The average molecular weight is 283 g/mol. The van der Waals surface area contributed by atoms with Crippen molar-refractivity contribution in [3.05, 3.63) is 11.8 Å². The smallest absolute Gasteiger partial charge is 0.254 e. The first-order valence-electron chi connectivity index (χ1n) is 6.63. The molecule has 3 aliphatic rings. The van der Waals surface area contributed by atoms with Gasteiger partial charge in [-0.2, -0.15) is 0 Å². The summed E-state index contributed by atoms with van der Waals surface area (Å²) in [5, 5.41) is 2.40. The Bertz CT molecular complexity index is 559. The maximum Gasteiger partial charge on any atom is 0.254 e. The van der Waals surface area contributed by atoms with Gasteiger partial charge in [0.2, 0.25) is 10.0 Å². The van der Waals surface area contributed by atoms with Crippen LogP contribution in [-0.2, 0) is 14.8 Å². The van der Waals surface area contributed by atoms with Gasteiger partial charge >= 0.3 is 0 Å². The number of carbonyl (C=O) groups excluding carboxylic acids is 1. The lowest BCUT2D eigenvalue weighted by Crippen LogP contribution is -2.43. The Labute approximate surface area is 112 Å². The normalized spacial score (nSPS) is 24.6. The summed E-state index contributed by atoms with van der Waals surface area (Å²) in [6, 6.07) is 0. The molecule has 0 atom stereocenters. The van der Waals surface area contributed by atoms with Gasteiger partial charge in [0.05, 0.1) is 16.5 Å². The van der Waals surface area contributed by atoms with Crippen molar-refractivity contribution in [1.29, 1.82) is 0 Å². The molecule has 1 aliphatic carbocycles. The summed E-state index contributed by atoms with van der Waals surface area (Å²) in [5.74, 6) is -0.226. The predicted molar refractivity (Wildman–Crippen MR) is 71.0 cm³/mol. The third-order valence-electron chi connectivity index (χ3n) is 3.93. The molecule has 2 aliphatic heterocycles. The maximum absolute atomic E-state index is 12.4. The summed E-state index contributed by atoms with van der Waals surface area (Å²) >= 11 is 0. The van der Waals surface area contributed by atoms with Crippen LogP contribution in [0, 0.1) is 0 Å². The highest BCUT2D eigenvalue weighted by Gasteiger charge is 2.35. The van der Waals surface area contributed by atoms with Crippen LogP contribution in [0.3, 0.4) is 0 Å². The van der Waals surface area contributed by atoms with E-state index in [1.165, 1.54) is 10.5 Å². The molecule has 3 rings (SSSR count). The Morgan fingerprint density at radius 1 is 1.32 bits per heavy atom. The number of fused-ring (bicyclic) bond motifs is 1. The van der Waals surface area contributed by atoms with Gasteiger partial charge in [0.15, 0.2) is 0 Å². The zero-order valence-corrected chi connectivity index (χ0v) is 11.4. The van der Waals surface area contributed by atoms with Crippen molar-refractivity contribution in [2.24, 2.45) is 4.99 Å². The summed E-state index contributed by atoms with van der Waals surface area (Å²) in [7, 11) is -3.37. The van der Waals surface area contributed by atoms with Gasteiger partial charge in [0.25, 0.3) is 5.91 Å². The number of rotatable bonds is 2. The topological polar surface area (TPSA) is 78.8 Å². The molecule has 2 fully saturated rings. The van der Waals surface area contributed by atoms with Crippen LogP contribution in [0.25, 0.3) is 0 Å². The minimum atomic E-state index is -3.37. The van der Waals surface area contributed by atoms with Gasteiger partial charge in [-0.1, -0.05) is 12.8 Å². The van der Waals surface area contributed by atoms with Crippen molar-refractivity contribution in [2.75, 3.05) is 13.2 Å². The number of nitrogens with zero attached hydrogens (tertiary/aromatic N) is 2. The van der Waals surface area contributed by atoms with Crippen molar-refractivity contribution < 1.29 is 13.2 Å². The van der Waals surface area contributed by atoms with E-state index in [0.717, 1.165) is 18.6 Å². The van der Waals surface area contributed by atoms with E-state index in [0.29, 0.717) is 31.4 Å². The van der Waals surface area contributed by atoms with E-state index in [1.807, 2.05) is 0 Å². The Balaban J connectivity index is 1.88. The van der Waals surface area contributed by atoms with Gasteiger partial charge in [-0.3, -0.25) is 14.1 Å². The summed E-state index contributed by atoms with van der Waals surface area (Å²) in [5.41, 5.74) is 1.13. The van der Waals surface area contributed by atoms with Crippen LogP contribution in [-0.4, -0.2) is 42.8 Å². The molecule has 0 aromatic carbocycles. The van der Waals surface area contributed by atoms with E-state index in [2.05, 4.69) is 10.3 Å². The second-order valence-electron chi connectivity index (χ2n) is 5.13. The lowest BCUT2D eigenvalue weighted by Gasteiger charge is -2.29. The summed E-state index contributed by atoms with van der Waals surface area (Å²) < 4.78 is 26.1. The van der Waals surface area contributed by atoms with Crippen LogP contribution >= 0.6 is 0 Å². The van der Waals surface area contributed by atoms with Gasteiger partial charge in [0.1, 0.15) is 6.67 Å². The van der Waals surface area contributed by atoms with Crippen LogP contribution < -0.4 is 5.32 Å². The molecule has 19 heavy (non-hydrogen) atoms. The number of piperidine rings is 1. The Hall–Kier alpha value is -1.37. The lowest BCUT2D eigenvalue weighted by atomic mass is 10.0. The first-order valence-corrected chi connectivity index (χ1v) is 8.14. The highest BCUT2D eigenvalue weighted by molar-refractivity contribution is 7.89. The minimum absolute atomic E-state index is 0.116. The zero-order valence-electron chi connectivity index (χ0n) is 10.6. The van der Waals surface area contributed by atoms with Crippen LogP contribution in [0.2, 0.25) is 0 Å². The highest BCUT2D eigenvalue weighted by Crippen LogP contribution is 2.29. The van der Waals surface area contributed by atoms with E-state index >= 15 is 0 Å². The standard InChI is InChI=1S/C12H17N3O3S/c16-12-10-7-15(8-14-11(10)5-6-13-12)19(17,18)9-3-1-2-4-9/h7,9H,1-6,8H2,(H,13,16). The molecular weight excluding hydrogens is 266 g/mol. The van der Waals surface area contributed by atoms with Crippen LogP contribution in [0.15, 0.2) is 16.8 Å². The van der Waals surface area contributed by atoms with Gasteiger partial charge in [-0.25, -0.2) is 8.42 Å². The van der Waals surface area contributed by atoms with Gasteiger partial charge < -0.3 is 5.32 Å². The maximum atomic E-state index is 12.4. The number of hydrogen-bond acceptors (Lipinski definition) is 4. The van der Waals surface area contributed by atoms with Crippen LogP contribution in [0.1, 0.15) is 32.1 Å². The molecule has 104 valence electrons. The van der Waals surface area contributed by atoms with E-state index in [1.54, 1.807) is 0 Å². The molecular formula is C12H17N3O3S. The number of amides is 1. The Morgan fingerprint density at radius 3 is 2.79 bits per heavy atom. The molecule has 6 nitrogen and oxygen atoms in total. The Kier molecular flexibility index (Phi) is 3.08. The average Bonchev–Trinajstić information content (AvgIpc) is 2.93. The quantitative estimate of drug-likeness (QED) is 0.795. The van der Waals surface area contributed by atoms with Gasteiger partial charge in [-0.15, -0.1) is 0 Å². The zero-order chi connectivity index (χ0) is 13.5. The molecule has 7 heteroatoms. The summed E-state index contributed by atoms with van der Waals surface area (Å²) in [6.07, 6.45) is 5.49. The van der Waals surface area contributed by atoms with E-state index in [4.69, 9.17) is 0 Å². The molecule has 0 radical (unpaired) electrons. The number of hydrogen-bond donors (Lipinski definition) is 1. The lowest BCUT2D eigenvalue weighted by molar-refractivity contribution is -0.117. The third kappa shape index (κ3) is 2.16. The second-order valence-corrected chi connectivity index (χ2v) is 7.30.